The van der Waals surface area contributed by atoms with Gasteiger partial charge in [0.05, 0.1) is 12.1 Å². The average molecular weight is 267 g/mol. The largest absolute Gasteiger partial charge is 0.331 e. The second kappa shape index (κ2) is 4.77. The van der Waals surface area contributed by atoms with Gasteiger partial charge in [0.25, 0.3) is 5.56 Å². The second-order valence-electron chi connectivity index (χ2n) is 4.59. The minimum Gasteiger partial charge on any atom is -0.295 e. The molecule has 1 aromatic carbocycles. The Kier molecular flexibility index (Phi) is 2.95. The lowest BCUT2D eigenvalue weighted by Gasteiger charge is -2.09. The third-order valence-corrected chi connectivity index (χ3v) is 3.30. The number of benzene rings is 1. The van der Waals surface area contributed by atoms with Gasteiger partial charge in [0, 0.05) is 13.2 Å². The lowest BCUT2D eigenvalue weighted by Crippen LogP contribution is -2.39. The maximum absolute atomic E-state index is 12.4. The average Bonchev–Trinajstić information content (AvgIpc) is 2.50. The lowest BCUT2D eigenvalue weighted by molar-refractivity contribution is 0.658. The Morgan fingerprint density at radius 3 is 2.55 bits per heavy atom. The predicted molar refractivity (Wildman–Crippen MR) is 76.8 cm³/mol. The molecule has 0 amide bonds. The van der Waals surface area contributed by atoms with Gasteiger partial charge < -0.3 is 0 Å². The zero-order valence-electron chi connectivity index (χ0n) is 11.0. The van der Waals surface area contributed by atoms with Crippen LogP contribution < -0.4 is 11.2 Å². The lowest BCUT2D eigenvalue weighted by atomic mass is 10.2. The molecular formula is C15H13N3O2. The highest BCUT2D eigenvalue weighted by atomic mass is 16.2. The smallest absolute Gasteiger partial charge is 0.295 e. The predicted octanol–water partition coefficient (Wildman–Crippen LogP) is 1.14. The fourth-order valence-electron chi connectivity index (χ4n) is 2.24. The van der Waals surface area contributed by atoms with Crippen molar-refractivity contribution >= 4 is 11.0 Å². The van der Waals surface area contributed by atoms with Gasteiger partial charge in [-0.3, -0.25) is 13.9 Å². The van der Waals surface area contributed by atoms with Gasteiger partial charge in [-0.1, -0.05) is 30.3 Å². The number of nitrogens with zero attached hydrogens (tertiary/aromatic N) is 3. The standard InChI is InChI=1S/C15H13N3O2/c1-17-12-8-5-9-16-13(12)14(19)18(15(17)20)10-11-6-3-2-4-7-11/h2-9H,10H2,1H3. The summed E-state index contributed by atoms with van der Waals surface area (Å²) in [5, 5.41) is 0. The molecular weight excluding hydrogens is 254 g/mol. The van der Waals surface area contributed by atoms with Gasteiger partial charge in [0.2, 0.25) is 0 Å². The summed E-state index contributed by atoms with van der Waals surface area (Å²) in [4.78, 5) is 28.8. The first-order valence-corrected chi connectivity index (χ1v) is 6.27. The molecule has 0 aliphatic heterocycles. The molecule has 0 unspecified atom stereocenters. The Bertz CT molecular complexity index is 879. The second-order valence-corrected chi connectivity index (χ2v) is 4.59. The third kappa shape index (κ3) is 1.93. The molecule has 2 aromatic heterocycles. The van der Waals surface area contributed by atoms with Gasteiger partial charge in [-0.2, -0.15) is 0 Å². The molecule has 5 nitrogen and oxygen atoms in total. The summed E-state index contributed by atoms with van der Waals surface area (Å²) >= 11 is 0. The Morgan fingerprint density at radius 2 is 1.80 bits per heavy atom. The highest BCUT2D eigenvalue weighted by molar-refractivity contribution is 5.72. The first-order valence-electron chi connectivity index (χ1n) is 6.27. The number of rotatable bonds is 2. The van der Waals surface area contributed by atoms with Crippen molar-refractivity contribution in [2.75, 3.05) is 0 Å². The maximum Gasteiger partial charge on any atom is 0.331 e. The molecule has 3 rings (SSSR count). The SMILES string of the molecule is Cn1c(=O)n(Cc2ccccc2)c(=O)c2ncccc21. The van der Waals surface area contributed by atoms with Crippen LogP contribution in [0, 0.1) is 0 Å². The minimum atomic E-state index is -0.354. The summed E-state index contributed by atoms with van der Waals surface area (Å²) < 4.78 is 2.66. The molecule has 100 valence electrons. The number of pyridine rings is 1. The molecule has 0 radical (unpaired) electrons. The molecule has 0 fully saturated rings. The van der Waals surface area contributed by atoms with Crippen LogP contribution in [0.15, 0.2) is 58.3 Å². The summed E-state index contributed by atoms with van der Waals surface area (Å²) in [6.07, 6.45) is 1.56. The van der Waals surface area contributed by atoms with Crippen LogP contribution in [0.4, 0.5) is 0 Å². The number of aryl methyl sites for hydroxylation is 1. The molecule has 0 saturated heterocycles. The first-order chi connectivity index (χ1) is 9.68. The van der Waals surface area contributed by atoms with Crippen LogP contribution in [0.1, 0.15) is 5.56 Å². The van der Waals surface area contributed by atoms with Crippen molar-refractivity contribution in [2.24, 2.45) is 7.05 Å². The van der Waals surface area contributed by atoms with Crippen molar-refractivity contribution in [2.45, 2.75) is 6.54 Å². The van der Waals surface area contributed by atoms with E-state index in [0.717, 1.165) is 5.56 Å². The van der Waals surface area contributed by atoms with E-state index in [1.807, 2.05) is 30.3 Å². The van der Waals surface area contributed by atoms with E-state index in [2.05, 4.69) is 4.98 Å². The number of aromatic nitrogens is 3. The van der Waals surface area contributed by atoms with Crippen molar-refractivity contribution in [3.8, 4) is 0 Å². The van der Waals surface area contributed by atoms with Crippen molar-refractivity contribution in [3.63, 3.8) is 0 Å². The van der Waals surface area contributed by atoms with Crippen molar-refractivity contribution in [1.82, 2.24) is 14.1 Å². The van der Waals surface area contributed by atoms with Gasteiger partial charge in [0.15, 0.2) is 5.52 Å². The molecule has 0 N–H and O–H groups in total. The molecule has 0 saturated carbocycles. The van der Waals surface area contributed by atoms with Gasteiger partial charge in [-0.25, -0.2) is 9.78 Å². The molecule has 0 spiro atoms. The Balaban J connectivity index is 2.27. The van der Waals surface area contributed by atoms with Crippen LogP contribution in [0.2, 0.25) is 0 Å². The zero-order chi connectivity index (χ0) is 14.1. The van der Waals surface area contributed by atoms with E-state index in [-0.39, 0.29) is 17.8 Å². The molecule has 2 heterocycles. The monoisotopic (exact) mass is 267 g/mol. The molecule has 3 aromatic rings. The number of fused-ring (bicyclic) bond motifs is 1. The number of hydrogen-bond donors (Lipinski definition) is 0. The quantitative estimate of drug-likeness (QED) is 0.699. The summed E-state index contributed by atoms with van der Waals surface area (Å²) in [6, 6.07) is 12.9. The fraction of sp³-hybridized carbons (Fsp3) is 0.133. The summed E-state index contributed by atoms with van der Waals surface area (Å²) in [6.45, 7) is 0.249. The summed E-state index contributed by atoms with van der Waals surface area (Å²) in [5.74, 6) is 0. The van der Waals surface area contributed by atoms with E-state index >= 15 is 0 Å². The Labute approximate surface area is 114 Å². The van der Waals surface area contributed by atoms with E-state index in [1.165, 1.54) is 9.13 Å². The zero-order valence-corrected chi connectivity index (χ0v) is 11.0. The van der Waals surface area contributed by atoms with Crippen LogP contribution in [0.25, 0.3) is 11.0 Å². The van der Waals surface area contributed by atoms with Crippen LogP contribution in [0.3, 0.4) is 0 Å². The van der Waals surface area contributed by atoms with Crippen molar-refractivity contribution < 1.29 is 0 Å². The minimum absolute atomic E-state index is 0.249. The molecule has 0 bridgehead atoms. The normalized spacial score (nSPS) is 10.8. The summed E-state index contributed by atoms with van der Waals surface area (Å²) in [7, 11) is 1.65. The Morgan fingerprint density at radius 1 is 1.05 bits per heavy atom. The van der Waals surface area contributed by atoms with E-state index < -0.39 is 0 Å². The first kappa shape index (κ1) is 12.3. The highest BCUT2D eigenvalue weighted by Gasteiger charge is 2.11. The molecule has 0 atom stereocenters. The Hall–Kier alpha value is -2.69. The van der Waals surface area contributed by atoms with Crippen LogP contribution in [-0.2, 0) is 13.6 Å². The van der Waals surface area contributed by atoms with E-state index in [0.29, 0.717) is 11.0 Å². The fourth-order valence-corrected chi connectivity index (χ4v) is 2.24. The maximum atomic E-state index is 12.4. The molecule has 0 aliphatic carbocycles. The van der Waals surface area contributed by atoms with E-state index in [1.54, 1.807) is 25.4 Å². The van der Waals surface area contributed by atoms with Crippen LogP contribution in [0.5, 0.6) is 0 Å². The summed E-state index contributed by atoms with van der Waals surface area (Å²) in [5.41, 5.74) is 1.08. The molecule has 0 aliphatic rings. The van der Waals surface area contributed by atoms with Gasteiger partial charge >= 0.3 is 5.69 Å². The third-order valence-electron chi connectivity index (χ3n) is 3.30. The number of hydrogen-bond acceptors (Lipinski definition) is 3. The molecule has 20 heavy (non-hydrogen) atoms. The topological polar surface area (TPSA) is 56.9 Å². The van der Waals surface area contributed by atoms with Gasteiger partial charge in [-0.15, -0.1) is 0 Å². The van der Waals surface area contributed by atoms with Crippen molar-refractivity contribution in [3.05, 3.63) is 75.1 Å². The van der Waals surface area contributed by atoms with Crippen LogP contribution in [-0.4, -0.2) is 14.1 Å². The van der Waals surface area contributed by atoms with Crippen molar-refractivity contribution in [1.29, 1.82) is 0 Å². The highest BCUT2D eigenvalue weighted by Crippen LogP contribution is 2.04. The molecule has 5 heteroatoms. The van der Waals surface area contributed by atoms with E-state index in [9.17, 15) is 9.59 Å². The van der Waals surface area contributed by atoms with Gasteiger partial charge in [-0.05, 0) is 17.7 Å². The van der Waals surface area contributed by atoms with E-state index in [4.69, 9.17) is 0 Å². The van der Waals surface area contributed by atoms with Crippen LogP contribution >= 0.6 is 0 Å². The van der Waals surface area contributed by atoms with Gasteiger partial charge in [0.1, 0.15) is 0 Å².